The van der Waals surface area contributed by atoms with Crippen molar-refractivity contribution in [2.75, 3.05) is 40.3 Å². The molecule has 4 rings (SSSR count). The molecule has 1 amide bonds. The van der Waals surface area contributed by atoms with Crippen molar-refractivity contribution < 1.29 is 22.9 Å². The minimum Gasteiger partial charge on any atom is -0.492 e. The summed E-state index contributed by atoms with van der Waals surface area (Å²) in [7, 11) is -2.19. The minimum atomic E-state index is -3.61. The van der Waals surface area contributed by atoms with Gasteiger partial charge in [-0.1, -0.05) is 26.8 Å². The molecule has 3 aromatic rings. The molecule has 8 N–H and O–H groups in total. The second-order valence-corrected chi connectivity index (χ2v) is 13.7. The molecule has 1 heterocycles. The van der Waals surface area contributed by atoms with Gasteiger partial charge in [0.1, 0.15) is 0 Å². The summed E-state index contributed by atoms with van der Waals surface area (Å²) in [6.07, 6.45) is 7.03. The first kappa shape index (κ1) is 31.6. The highest BCUT2D eigenvalue weighted by Gasteiger charge is 2.24. The zero-order valence-corrected chi connectivity index (χ0v) is 26.4. The predicted molar refractivity (Wildman–Crippen MR) is 172 cm³/mol. The van der Waals surface area contributed by atoms with E-state index in [0.717, 1.165) is 41.2 Å². The highest BCUT2D eigenvalue weighted by molar-refractivity contribution is 7.92. The van der Waals surface area contributed by atoms with E-state index in [9.17, 15) is 13.2 Å². The summed E-state index contributed by atoms with van der Waals surface area (Å²) in [5, 5.41) is 7.66. The van der Waals surface area contributed by atoms with Crippen molar-refractivity contribution in [1.29, 1.82) is 0 Å². The number of aromatic nitrogens is 1. The molecule has 1 aromatic heterocycles. The molecule has 0 bridgehead atoms. The van der Waals surface area contributed by atoms with Crippen LogP contribution in [0.5, 0.6) is 5.75 Å². The van der Waals surface area contributed by atoms with Crippen LogP contribution in [-0.2, 0) is 15.4 Å². The Hall–Kier alpha value is -4.29. The van der Waals surface area contributed by atoms with Crippen LogP contribution < -0.4 is 41.7 Å². The lowest BCUT2D eigenvalue weighted by atomic mass is 9.86. The van der Waals surface area contributed by atoms with Crippen LogP contribution in [0, 0.1) is 12.8 Å². The molecule has 1 aliphatic carbocycles. The molecule has 1 saturated carbocycles. The summed E-state index contributed by atoms with van der Waals surface area (Å²) < 4.78 is 32.1. The third-order valence-electron chi connectivity index (χ3n) is 7.15. The van der Waals surface area contributed by atoms with Crippen molar-refractivity contribution in [3.63, 3.8) is 0 Å². The van der Waals surface area contributed by atoms with Crippen LogP contribution in [0.4, 0.5) is 22.9 Å². The number of carbonyl (C=O) groups excluding carboxylic acids is 1. The van der Waals surface area contributed by atoms with Crippen LogP contribution in [-0.4, -0.2) is 34.2 Å². The fourth-order valence-electron chi connectivity index (χ4n) is 4.46. The standard InChI is InChI=1S/C31H41N7O4S/c1-19-7-10-21(13-27(19)38(33)18-24(32)22-11-12-28(35-17-22)34-16-20-8-9-20)30(39)36-25-14-23(31(2,3)4)15-26(29(25)42-5)37-43(6,40)41/h7,10-15,17-18,20,37H,8-9,16,32-33H2,1-6H3,(H,34,35)(H,36,39)/p+1/b24-18-. The third-order valence-corrected chi connectivity index (χ3v) is 7.75. The number of ether oxygens (including phenoxy) is 1. The van der Waals surface area contributed by atoms with Crippen molar-refractivity contribution in [3.8, 4) is 5.75 Å². The van der Waals surface area contributed by atoms with Crippen LogP contribution in [0.2, 0.25) is 0 Å². The molecule has 230 valence electrons. The van der Waals surface area contributed by atoms with Crippen LogP contribution in [0.25, 0.3) is 5.70 Å². The Morgan fingerprint density at radius 1 is 1.12 bits per heavy atom. The van der Waals surface area contributed by atoms with Crippen molar-refractivity contribution in [1.82, 2.24) is 0 Å². The van der Waals surface area contributed by atoms with Crippen LogP contribution >= 0.6 is 0 Å². The normalized spacial score (nSPS) is 13.8. The number of nitrogens with one attached hydrogen (secondary N) is 4. The van der Waals surface area contributed by atoms with E-state index in [1.807, 2.05) is 46.0 Å². The molecule has 0 aliphatic heterocycles. The number of sulfonamides is 1. The molecule has 0 radical (unpaired) electrons. The van der Waals surface area contributed by atoms with E-state index in [0.29, 0.717) is 22.6 Å². The van der Waals surface area contributed by atoms with Gasteiger partial charge in [-0.05, 0) is 72.6 Å². The number of H-pyrrole nitrogens is 1. The summed E-state index contributed by atoms with van der Waals surface area (Å²) >= 11 is 0. The van der Waals surface area contributed by atoms with E-state index in [-0.39, 0.29) is 16.9 Å². The first-order valence-electron chi connectivity index (χ1n) is 14.0. The van der Waals surface area contributed by atoms with E-state index < -0.39 is 15.9 Å². The smallest absolute Gasteiger partial charge is 0.272 e. The lowest BCUT2D eigenvalue weighted by Gasteiger charge is -2.24. The van der Waals surface area contributed by atoms with Gasteiger partial charge in [0.25, 0.3) is 11.7 Å². The molecular formula is C31H42N7O4S+. The summed E-state index contributed by atoms with van der Waals surface area (Å²) in [5.41, 5.74) is 10.3. The zero-order valence-electron chi connectivity index (χ0n) is 25.5. The van der Waals surface area contributed by atoms with E-state index in [4.69, 9.17) is 16.3 Å². The number of hydrazine groups is 1. The lowest BCUT2D eigenvalue weighted by molar-refractivity contribution is -0.361. The summed E-state index contributed by atoms with van der Waals surface area (Å²) in [5.74, 6) is 7.85. The van der Waals surface area contributed by atoms with Gasteiger partial charge in [-0.25, -0.2) is 19.2 Å². The number of benzene rings is 2. The number of aryl methyl sites for hydroxylation is 1. The molecular weight excluding hydrogens is 566 g/mol. The largest absolute Gasteiger partial charge is 0.492 e. The summed E-state index contributed by atoms with van der Waals surface area (Å²) in [4.78, 5) is 16.7. The Bertz CT molecular complexity index is 1630. The van der Waals surface area contributed by atoms with Gasteiger partial charge in [-0.15, -0.1) is 0 Å². The van der Waals surface area contributed by atoms with Crippen LogP contribution in [0.15, 0.2) is 54.9 Å². The first-order chi connectivity index (χ1) is 20.1. The average Bonchev–Trinajstić information content (AvgIpc) is 3.75. The topological polar surface area (TPSA) is 166 Å². The Labute approximate surface area is 253 Å². The van der Waals surface area contributed by atoms with Gasteiger partial charge in [0, 0.05) is 23.4 Å². The fourth-order valence-corrected chi connectivity index (χ4v) is 5.01. The average molecular weight is 609 g/mol. The SMILES string of the molecule is COc1c(NC(=O)c2ccc(C)c(N(N)/C=C(\N)c3ccc(NCC4CC4)[nH+]c3)c2)cc(C(C)(C)C)cc1NS(C)(=O)=O. The molecule has 11 nitrogen and oxygen atoms in total. The van der Waals surface area contributed by atoms with Crippen molar-refractivity contribution in [2.45, 2.75) is 46.0 Å². The number of hydrogen-bond acceptors (Lipinski definition) is 8. The molecule has 1 aliphatic rings. The van der Waals surface area contributed by atoms with Gasteiger partial charge >= 0.3 is 0 Å². The number of pyridine rings is 1. The first-order valence-corrected chi connectivity index (χ1v) is 15.9. The summed E-state index contributed by atoms with van der Waals surface area (Å²) in [6, 6.07) is 12.5. The minimum absolute atomic E-state index is 0.195. The fraction of sp³-hybridized carbons (Fsp3) is 0.355. The van der Waals surface area contributed by atoms with Crippen LogP contribution in [0.3, 0.4) is 0 Å². The highest BCUT2D eigenvalue weighted by atomic mass is 32.2. The van der Waals surface area contributed by atoms with Crippen molar-refractivity contribution in [3.05, 3.63) is 77.1 Å². The Morgan fingerprint density at radius 3 is 2.37 bits per heavy atom. The highest BCUT2D eigenvalue weighted by Crippen LogP contribution is 2.39. The van der Waals surface area contributed by atoms with E-state index >= 15 is 0 Å². The van der Waals surface area contributed by atoms with E-state index in [2.05, 4.69) is 20.3 Å². The number of carbonyl (C=O) groups is 1. The maximum Gasteiger partial charge on any atom is 0.272 e. The number of rotatable bonds is 11. The number of methoxy groups -OCH3 is 1. The number of hydrogen-bond donors (Lipinski definition) is 5. The number of nitrogens with zero attached hydrogens (tertiary/aromatic N) is 1. The van der Waals surface area contributed by atoms with E-state index in [1.54, 1.807) is 36.5 Å². The molecule has 0 atom stereocenters. The van der Waals surface area contributed by atoms with E-state index in [1.165, 1.54) is 25.0 Å². The Kier molecular flexibility index (Phi) is 9.21. The zero-order chi connectivity index (χ0) is 31.5. The van der Waals surface area contributed by atoms with Gasteiger partial charge in [0.15, 0.2) is 5.75 Å². The van der Waals surface area contributed by atoms with Gasteiger partial charge in [-0.3, -0.25) is 19.8 Å². The molecule has 0 saturated heterocycles. The predicted octanol–water partition coefficient (Wildman–Crippen LogP) is 4.20. The number of nitrogens with two attached hydrogens (primary N) is 2. The van der Waals surface area contributed by atoms with Crippen molar-refractivity contribution >= 4 is 44.5 Å². The number of aromatic amines is 1. The monoisotopic (exact) mass is 608 g/mol. The van der Waals surface area contributed by atoms with Gasteiger partial charge in [0.05, 0.1) is 48.9 Å². The third kappa shape index (κ3) is 8.39. The molecule has 43 heavy (non-hydrogen) atoms. The second-order valence-electron chi connectivity index (χ2n) is 12.0. The molecule has 0 unspecified atom stereocenters. The Balaban J connectivity index is 1.58. The van der Waals surface area contributed by atoms with Crippen LogP contribution in [0.1, 0.15) is 60.7 Å². The quantitative estimate of drug-likeness (QED) is 0.160. The molecule has 1 fully saturated rings. The van der Waals surface area contributed by atoms with Crippen molar-refractivity contribution in [2.24, 2.45) is 17.5 Å². The molecule has 0 spiro atoms. The maximum absolute atomic E-state index is 13.5. The second kappa shape index (κ2) is 12.5. The number of amides is 1. The van der Waals surface area contributed by atoms with Gasteiger partial charge in [-0.2, -0.15) is 0 Å². The Morgan fingerprint density at radius 2 is 1.79 bits per heavy atom. The molecule has 12 heteroatoms. The lowest BCUT2D eigenvalue weighted by Crippen LogP contribution is -2.27. The summed E-state index contributed by atoms with van der Waals surface area (Å²) in [6.45, 7) is 8.81. The van der Waals surface area contributed by atoms with Gasteiger partial charge in [0.2, 0.25) is 10.0 Å². The maximum atomic E-state index is 13.5. The van der Waals surface area contributed by atoms with Gasteiger partial charge < -0.3 is 15.8 Å². The molecule has 2 aromatic carbocycles. The number of anilines is 4.